The molecular weight excluding hydrogens is 290 g/mol. The molecule has 4 heteroatoms. The molecule has 0 aliphatic carbocycles. The summed E-state index contributed by atoms with van der Waals surface area (Å²) < 4.78 is 1.84. The molecule has 0 bridgehead atoms. The van der Waals surface area contributed by atoms with E-state index in [2.05, 4.69) is 0 Å². The van der Waals surface area contributed by atoms with Crippen molar-refractivity contribution in [3.63, 3.8) is 0 Å². The van der Waals surface area contributed by atoms with Crippen LogP contribution in [0.3, 0.4) is 0 Å². The molecule has 0 aromatic heterocycles. The lowest BCUT2D eigenvalue weighted by Crippen LogP contribution is -2.32. The molecule has 1 heterocycles. The van der Waals surface area contributed by atoms with Crippen molar-refractivity contribution in [2.75, 3.05) is 0 Å². The van der Waals surface area contributed by atoms with Crippen molar-refractivity contribution in [1.82, 2.24) is 4.31 Å². The molecule has 2 aromatic carbocycles. The maximum absolute atomic E-state index is 12.7. The van der Waals surface area contributed by atoms with Crippen molar-refractivity contribution >= 4 is 26.0 Å². The van der Waals surface area contributed by atoms with Gasteiger partial charge in [0.05, 0.1) is 5.56 Å². The highest BCUT2D eigenvalue weighted by atomic mass is 35.7. The van der Waals surface area contributed by atoms with Gasteiger partial charge in [-0.3, -0.25) is 9.10 Å². The maximum atomic E-state index is 12.7. The summed E-state index contributed by atoms with van der Waals surface area (Å²) >= 11 is 0. The first kappa shape index (κ1) is 13.5. The first-order valence-electron chi connectivity index (χ1n) is 6.57. The van der Waals surface area contributed by atoms with E-state index in [0.717, 1.165) is 15.4 Å². The lowest BCUT2D eigenvalue weighted by atomic mass is 10.2. The Balaban J connectivity index is 2.28. The Morgan fingerprint density at radius 2 is 1.60 bits per heavy atom. The van der Waals surface area contributed by atoms with Gasteiger partial charge in [0, 0.05) is 15.8 Å². The smallest absolute Gasteiger partial charge is 0.265 e. The second-order valence-electron chi connectivity index (χ2n) is 5.04. The minimum absolute atomic E-state index is 0.0319. The van der Waals surface area contributed by atoms with Crippen molar-refractivity contribution in [3.05, 3.63) is 60.2 Å². The summed E-state index contributed by atoms with van der Waals surface area (Å²) in [5, 5.41) is 0. The fraction of sp³-hybridized carbons (Fsp3) is 0.188. The first-order chi connectivity index (χ1) is 9.56. The van der Waals surface area contributed by atoms with Crippen LogP contribution in [0.2, 0.25) is 0 Å². The zero-order valence-corrected chi connectivity index (χ0v) is 13.0. The van der Waals surface area contributed by atoms with Gasteiger partial charge in [0.15, 0.2) is 0 Å². The Morgan fingerprint density at radius 1 is 1.00 bits per heavy atom. The standard InChI is InChI=1S/C16H16ClNOS/c1-12(2)18-16(19)14-10-6-7-11-15(14)20(18,17)13-8-4-3-5-9-13/h3-12H,1-2H3. The predicted molar refractivity (Wildman–Crippen MR) is 84.2 cm³/mol. The van der Waals surface area contributed by atoms with Crippen LogP contribution in [0, 0.1) is 0 Å². The molecule has 0 N–H and O–H groups in total. The third-order valence-electron chi connectivity index (χ3n) is 3.40. The molecule has 0 fully saturated rings. The summed E-state index contributed by atoms with van der Waals surface area (Å²) in [6.45, 7) is 4.02. The summed E-state index contributed by atoms with van der Waals surface area (Å²) in [5.41, 5.74) is 0.732. The van der Waals surface area contributed by atoms with Crippen LogP contribution >= 0.6 is 20.1 Å². The molecule has 20 heavy (non-hydrogen) atoms. The molecular formula is C16H16ClNOS. The first-order valence-corrected chi connectivity index (χ1v) is 8.99. The van der Waals surface area contributed by atoms with E-state index < -0.39 is 9.43 Å². The summed E-state index contributed by atoms with van der Waals surface area (Å²) in [4.78, 5) is 14.6. The van der Waals surface area contributed by atoms with Crippen LogP contribution in [0.4, 0.5) is 0 Å². The van der Waals surface area contributed by atoms with E-state index in [9.17, 15) is 4.79 Å². The Hall–Kier alpha value is -1.45. The van der Waals surface area contributed by atoms with Crippen LogP contribution in [-0.4, -0.2) is 16.3 Å². The van der Waals surface area contributed by atoms with Gasteiger partial charge >= 0.3 is 0 Å². The Morgan fingerprint density at radius 3 is 2.25 bits per heavy atom. The number of amides is 1. The number of nitrogens with zero attached hydrogens (tertiary/aromatic N) is 1. The number of rotatable bonds is 2. The molecule has 1 unspecified atom stereocenters. The van der Waals surface area contributed by atoms with E-state index in [1.165, 1.54) is 0 Å². The molecule has 0 saturated heterocycles. The largest absolute Gasteiger partial charge is 0.278 e. The summed E-state index contributed by atoms with van der Waals surface area (Å²) in [6, 6.07) is 17.7. The number of fused-ring (bicyclic) bond motifs is 1. The molecule has 1 atom stereocenters. The predicted octanol–water partition coefficient (Wildman–Crippen LogP) is 4.84. The monoisotopic (exact) mass is 305 g/mol. The molecule has 1 aliphatic heterocycles. The van der Waals surface area contributed by atoms with Crippen LogP contribution < -0.4 is 0 Å². The molecule has 0 spiro atoms. The lowest BCUT2D eigenvalue weighted by molar-refractivity contribution is 0.0853. The van der Waals surface area contributed by atoms with E-state index in [1.54, 1.807) is 0 Å². The second kappa shape index (κ2) is 4.83. The Kier molecular flexibility index (Phi) is 3.27. The van der Waals surface area contributed by atoms with E-state index in [-0.39, 0.29) is 11.9 Å². The van der Waals surface area contributed by atoms with Crippen LogP contribution in [-0.2, 0) is 0 Å². The van der Waals surface area contributed by atoms with Crippen molar-refractivity contribution in [2.24, 2.45) is 0 Å². The molecule has 2 aromatic rings. The number of carbonyl (C=O) groups is 1. The van der Waals surface area contributed by atoms with Crippen molar-refractivity contribution < 1.29 is 4.79 Å². The highest BCUT2D eigenvalue weighted by molar-refractivity contribution is 8.50. The molecule has 3 rings (SSSR count). The summed E-state index contributed by atoms with van der Waals surface area (Å²) in [7, 11) is 5.10. The van der Waals surface area contributed by atoms with Crippen LogP contribution in [0.15, 0.2) is 64.4 Å². The van der Waals surface area contributed by atoms with E-state index >= 15 is 0 Å². The molecule has 1 amide bonds. The van der Waals surface area contributed by atoms with Crippen LogP contribution in [0.5, 0.6) is 0 Å². The Labute approximate surface area is 125 Å². The van der Waals surface area contributed by atoms with Gasteiger partial charge in [0.1, 0.15) is 0 Å². The number of hydrogen-bond acceptors (Lipinski definition) is 1. The van der Waals surface area contributed by atoms with Gasteiger partial charge in [-0.15, -0.1) is 0 Å². The lowest BCUT2D eigenvalue weighted by Gasteiger charge is -2.40. The number of carbonyl (C=O) groups excluding carboxylic acids is 1. The zero-order chi connectivity index (χ0) is 14.3. The highest BCUT2D eigenvalue weighted by Crippen LogP contribution is 2.73. The van der Waals surface area contributed by atoms with Gasteiger partial charge in [-0.05, 0) is 58.2 Å². The number of hydrogen-bond donors (Lipinski definition) is 0. The van der Waals surface area contributed by atoms with Crippen LogP contribution in [0.25, 0.3) is 0 Å². The van der Waals surface area contributed by atoms with Crippen molar-refractivity contribution in [3.8, 4) is 0 Å². The molecule has 0 saturated carbocycles. The van der Waals surface area contributed by atoms with Gasteiger partial charge in [-0.2, -0.15) is 0 Å². The minimum Gasteiger partial charge on any atom is -0.278 e. The fourth-order valence-corrected chi connectivity index (χ4v) is 6.79. The zero-order valence-electron chi connectivity index (χ0n) is 11.4. The second-order valence-corrected chi connectivity index (χ2v) is 8.70. The molecule has 2 nitrogen and oxygen atoms in total. The van der Waals surface area contributed by atoms with Crippen LogP contribution in [0.1, 0.15) is 24.2 Å². The number of benzene rings is 2. The van der Waals surface area contributed by atoms with E-state index in [4.69, 9.17) is 10.7 Å². The average Bonchev–Trinajstić information content (AvgIpc) is 2.70. The maximum Gasteiger partial charge on any atom is 0.265 e. The molecule has 1 aliphatic rings. The quantitative estimate of drug-likeness (QED) is 0.777. The van der Waals surface area contributed by atoms with Gasteiger partial charge in [-0.1, -0.05) is 30.3 Å². The third kappa shape index (κ3) is 1.77. The highest BCUT2D eigenvalue weighted by Gasteiger charge is 2.46. The number of halogens is 1. The Bertz CT molecular complexity index is 659. The van der Waals surface area contributed by atoms with Gasteiger partial charge in [-0.25, -0.2) is 0 Å². The van der Waals surface area contributed by atoms with Gasteiger partial charge < -0.3 is 0 Å². The van der Waals surface area contributed by atoms with Gasteiger partial charge in [0.25, 0.3) is 5.91 Å². The topological polar surface area (TPSA) is 20.3 Å². The van der Waals surface area contributed by atoms with E-state index in [0.29, 0.717) is 0 Å². The van der Waals surface area contributed by atoms with Crippen molar-refractivity contribution in [1.29, 1.82) is 0 Å². The van der Waals surface area contributed by atoms with E-state index in [1.807, 2.05) is 72.7 Å². The molecule has 104 valence electrons. The SMILES string of the molecule is CC(C)N1C(=O)c2ccccc2S1(Cl)c1ccccc1. The molecule has 0 radical (unpaired) electrons. The fourth-order valence-electron chi connectivity index (χ4n) is 2.58. The minimum atomic E-state index is -1.97. The van der Waals surface area contributed by atoms with Gasteiger partial charge in [0.2, 0.25) is 0 Å². The summed E-state index contributed by atoms with van der Waals surface area (Å²) in [6.07, 6.45) is 0. The summed E-state index contributed by atoms with van der Waals surface area (Å²) in [5.74, 6) is 0.0319. The van der Waals surface area contributed by atoms with Crippen molar-refractivity contribution in [2.45, 2.75) is 29.7 Å². The third-order valence-corrected chi connectivity index (χ3v) is 7.85. The average molecular weight is 306 g/mol. The normalized spacial score (nSPS) is 24.6.